The molecule has 0 aromatic rings. The third-order valence-electron chi connectivity index (χ3n) is 4.49. The summed E-state index contributed by atoms with van der Waals surface area (Å²) in [5.74, 6) is 2.00. The van der Waals surface area contributed by atoms with Crippen molar-refractivity contribution < 1.29 is 53.5 Å². The molecule has 2 heterocycles. The van der Waals surface area contributed by atoms with Crippen molar-refractivity contribution in [3.8, 4) is 0 Å². The Morgan fingerprint density at radius 1 is 0.914 bits per heavy atom. The summed E-state index contributed by atoms with van der Waals surface area (Å²) in [5.41, 5.74) is 0. The van der Waals surface area contributed by atoms with Gasteiger partial charge in [-0.2, -0.15) is 0 Å². The molecule has 15 heteroatoms. The zero-order chi connectivity index (χ0) is 26.3. The Balaban J connectivity index is 0.000000646. The first kappa shape index (κ1) is 34.5. The maximum absolute atomic E-state index is 10.8. The van der Waals surface area contributed by atoms with E-state index in [1.165, 1.54) is 19.1 Å². The van der Waals surface area contributed by atoms with E-state index in [0.717, 1.165) is 11.6 Å². The minimum absolute atomic E-state index is 0. The molecule has 0 aromatic carbocycles. The SMILES string of the molecule is C.[B][C@@H]1O[C@H](/C=C/P(=C)(O)O)C(O)[C@@H]1OCC.[B][C@@H]1O[C@H](/C=C/P(=C)(O)O)C(O)[C@@H]1OCC(C)=O. The number of Topliss-reactive ketones (excluding diaryl/α,β-unsaturated/α-hetero) is 1. The van der Waals surface area contributed by atoms with Crippen molar-refractivity contribution in [2.45, 2.75) is 69.9 Å². The summed E-state index contributed by atoms with van der Waals surface area (Å²) < 4.78 is 20.8. The van der Waals surface area contributed by atoms with Crippen LogP contribution in [0.25, 0.3) is 0 Å². The molecule has 4 radical (unpaired) electrons. The minimum Gasteiger partial charge on any atom is -0.387 e. The number of rotatable bonds is 9. The number of ether oxygens (including phenoxy) is 4. The molecule has 2 fully saturated rings. The van der Waals surface area contributed by atoms with Crippen molar-refractivity contribution in [3.05, 3.63) is 23.8 Å². The number of carbonyl (C=O) groups excluding carboxylic acids is 1. The Hall–Kier alpha value is -0.520. The van der Waals surface area contributed by atoms with Crippen LogP contribution in [0.3, 0.4) is 0 Å². The molecular weight excluding hydrogens is 500 g/mol. The van der Waals surface area contributed by atoms with Gasteiger partial charge in [0.1, 0.15) is 73.6 Å². The van der Waals surface area contributed by atoms with Crippen LogP contribution in [0, 0.1) is 0 Å². The molecule has 0 spiro atoms. The molecule has 35 heavy (non-hydrogen) atoms. The number of carbonyl (C=O) groups is 1. The van der Waals surface area contributed by atoms with E-state index in [-0.39, 0.29) is 19.8 Å². The Bertz CT molecular complexity index is 813. The van der Waals surface area contributed by atoms with E-state index in [2.05, 4.69) is 12.6 Å². The van der Waals surface area contributed by atoms with Crippen LogP contribution < -0.4 is 0 Å². The highest BCUT2D eigenvalue weighted by atomic mass is 31.2. The van der Waals surface area contributed by atoms with Gasteiger partial charge in [0.15, 0.2) is 5.78 Å². The van der Waals surface area contributed by atoms with Crippen molar-refractivity contribution in [3.63, 3.8) is 0 Å². The van der Waals surface area contributed by atoms with E-state index >= 15 is 0 Å². The van der Waals surface area contributed by atoms with Crippen LogP contribution in [0.1, 0.15) is 21.3 Å². The standard InChI is InChI=1S/C10H16BO6P.C9H16BO5P.CH4/c1-6(12)5-16-9-8(13)7(17-10(9)11)3-4-18(2,14)15;1-3-14-8-7(11)6(15-9(8)10)4-5-16(2,12)13;/h3-4,7-10,13-15H,2,5H2,1H3;4-9,11-13H,2-3H2,1H3;1H4/b4-3+;5-4+;/t7-,8?,9+,10-;6-,7?,8+,9-;/m11./s1. The first-order valence-corrected chi connectivity index (χ1v) is 14.1. The summed E-state index contributed by atoms with van der Waals surface area (Å²) in [4.78, 5) is 47.1. The summed E-state index contributed by atoms with van der Waals surface area (Å²) in [6.07, 6.45) is 3.98. The predicted molar refractivity (Wildman–Crippen MR) is 139 cm³/mol. The first-order valence-electron chi connectivity index (χ1n) is 10.2. The third kappa shape index (κ3) is 12.5. The van der Waals surface area contributed by atoms with E-state index in [1.54, 1.807) is 6.92 Å². The number of aliphatic hydroxyl groups excluding tert-OH is 2. The van der Waals surface area contributed by atoms with Crippen molar-refractivity contribution >= 4 is 48.8 Å². The minimum atomic E-state index is -3.32. The van der Waals surface area contributed by atoms with Gasteiger partial charge in [-0.15, -0.1) is 0 Å². The van der Waals surface area contributed by atoms with Gasteiger partial charge in [0.2, 0.25) is 0 Å². The van der Waals surface area contributed by atoms with E-state index < -0.39 is 63.3 Å². The maximum atomic E-state index is 10.8. The van der Waals surface area contributed by atoms with E-state index in [1.807, 2.05) is 0 Å². The van der Waals surface area contributed by atoms with Gasteiger partial charge in [-0.3, -0.25) is 4.79 Å². The molecule has 0 aliphatic carbocycles. The second kappa shape index (κ2) is 15.0. The van der Waals surface area contributed by atoms with Crippen molar-refractivity contribution in [1.82, 2.24) is 0 Å². The molecule has 0 aromatic heterocycles. The average Bonchev–Trinajstić information content (AvgIpc) is 3.12. The summed E-state index contributed by atoms with van der Waals surface area (Å²) in [6, 6.07) is -1.61. The topological polar surface area (TPSA) is 175 Å². The highest BCUT2D eigenvalue weighted by Gasteiger charge is 2.41. The molecule has 2 aliphatic heterocycles. The fourth-order valence-corrected chi connectivity index (χ4v) is 3.89. The molecule has 2 unspecified atom stereocenters. The fraction of sp³-hybridized carbons (Fsp3) is 0.650. The van der Waals surface area contributed by atoms with Crippen LogP contribution in [-0.2, 0) is 23.7 Å². The van der Waals surface area contributed by atoms with Crippen molar-refractivity contribution in [1.29, 1.82) is 0 Å². The molecule has 8 atom stereocenters. The highest BCUT2D eigenvalue weighted by Crippen LogP contribution is 2.37. The van der Waals surface area contributed by atoms with Gasteiger partial charge >= 0.3 is 0 Å². The Morgan fingerprint density at radius 3 is 1.60 bits per heavy atom. The maximum Gasteiger partial charge on any atom is 0.155 e. The van der Waals surface area contributed by atoms with Crippen LogP contribution in [0.4, 0.5) is 0 Å². The molecule has 0 amide bonds. The van der Waals surface area contributed by atoms with Crippen LogP contribution in [0.5, 0.6) is 0 Å². The Labute approximate surface area is 209 Å². The van der Waals surface area contributed by atoms with Crippen LogP contribution in [-0.4, -0.2) is 126 Å². The second-order valence-electron chi connectivity index (χ2n) is 7.76. The molecule has 2 aliphatic rings. The van der Waals surface area contributed by atoms with Gasteiger partial charge < -0.3 is 48.7 Å². The quantitative estimate of drug-likeness (QED) is 0.158. The van der Waals surface area contributed by atoms with Gasteiger partial charge in [0.05, 0.1) is 0 Å². The number of hydrogen-bond donors (Lipinski definition) is 6. The molecule has 11 nitrogen and oxygen atoms in total. The van der Waals surface area contributed by atoms with Crippen molar-refractivity contribution in [2.75, 3.05) is 13.2 Å². The molecular formula is C20H36B2O11P2. The normalized spacial score (nSPS) is 33.5. The summed E-state index contributed by atoms with van der Waals surface area (Å²) in [6.45, 7) is 3.39. The lowest BCUT2D eigenvalue weighted by molar-refractivity contribution is -0.125. The summed E-state index contributed by atoms with van der Waals surface area (Å²) in [5, 5.41) is 19.7. The molecule has 0 saturated carbocycles. The van der Waals surface area contributed by atoms with E-state index in [9.17, 15) is 15.0 Å². The average molecular weight is 536 g/mol. The molecule has 198 valence electrons. The monoisotopic (exact) mass is 536 g/mol. The number of aliphatic hydroxyl groups is 2. The Morgan fingerprint density at radius 2 is 1.29 bits per heavy atom. The summed E-state index contributed by atoms with van der Waals surface area (Å²) in [7, 11) is 4.64. The molecule has 2 saturated heterocycles. The molecule has 0 bridgehead atoms. The lowest BCUT2D eigenvalue weighted by atomic mass is 9.93. The summed E-state index contributed by atoms with van der Waals surface area (Å²) >= 11 is 0. The zero-order valence-corrected chi connectivity index (χ0v) is 20.8. The van der Waals surface area contributed by atoms with Crippen LogP contribution >= 0.6 is 14.7 Å². The van der Waals surface area contributed by atoms with Crippen molar-refractivity contribution in [2.24, 2.45) is 0 Å². The van der Waals surface area contributed by atoms with Gasteiger partial charge in [-0.05, 0) is 50.2 Å². The van der Waals surface area contributed by atoms with Crippen LogP contribution in [0.2, 0.25) is 0 Å². The third-order valence-corrected chi connectivity index (χ3v) is 5.79. The fourth-order valence-electron chi connectivity index (χ4n) is 3.00. The van der Waals surface area contributed by atoms with E-state index in [0.29, 0.717) is 6.61 Å². The predicted octanol–water partition coefficient (Wildman–Crippen LogP) is -0.947. The zero-order valence-electron chi connectivity index (χ0n) is 19.0. The second-order valence-corrected chi connectivity index (χ2v) is 11.5. The lowest BCUT2D eigenvalue weighted by Gasteiger charge is -2.17. The van der Waals surface area contributed by atoms with Gasteiger partial charge in [0, 0.05) is 18.6 Å². The van der Waals surface area contributed by atoms with Gasteiger partial charge in [-0.1, -0.05) is 7.43 Å². The van der Waals surface area contributed by atoms with Crippen LogP contribution in [0.15, 0.2) is 23.8 Å². The lowest BCUT2D eigenvalue weighted by Crippen LogP contribution is -2.36. The molecule has 6 N–H and O–H groups in total. The number of ketones is 1. The largest absolute Gasteiger partial charge is 0.387 e. The first-order chi connectivity index (χ1) is 15.6. The Kier molecular flexibility index (Phi) is 14.8. The van der Waals surface area contributed by atoms with Gasteiger partial charge in [-0.25, -0.2) is 0 Å². The van der Waals surface area contributed by atoms with E-state index in [4.69, 9.17) is 54.2 Å². The molecule has 2 rings (SSSR count). The number of hydrogen-bond acceptors (Lipinski definition) is 11. The highest BCUT2D eigenvalue weighted by molar-refractivity contribution is 7.65. The smallest absolute Gasteiger partial charge is 0.155 e. The van der Waals surface area contributed by atoms with Gasteiger partial charge in [0.25, 0.3) is 0 Å².